The van der Waals surface area contributed by atoms with E-state index in [-0.39, 0.29) is 11.8 Å². The molecule has 0 radical (unpaired) electrons. The number of carbonyl (C=O) groups excluding carboxylic acids is 2. The molecule has 1 aromatic rings. The maximum absolute atomic E-state index is 11.8. The lowest BCUT2D eigenvalue weighted by atomic mass is 9.99. The van der Waals surface area contributed by atoms with Gasteiger partial charge in [-0.3, -0.25) is 9.59 Å². The fourth-order valence-electron chi connectivity index (χ4n) is 2.01. The van der Waals surface area contributed by atoms with E-state index in [2.05, 4.69) is 6.07 Å². The molecule has 0 spiro atoms. The van der Waals surface area contributed by atoms with Crippen LogP contribution in [0.25, 0.3) is 0 Å². The summed E-state index contributed by atoms with van der Waals surface area (Å²) >= 11 is 0. The van der Waals surface area contributed by atoms with E-state index in [1.54, 1.807) is 6.92 Å². The van der Waals surface area contributed by atoms with E-state index in [4.69, 9.17) is 4.74 Å². The Hall–Kier alpha value is -1.64. The van der Waals surface area contributed by atoms with E-state index in [0.717, 1.165) is 11.1 Å². The smallest absolute Gasteiger partial charge is 0.305 e. The lowest BCUT2D eigenvalue weighted by molar-refractivity contribution is -0.143. The molecule has 0 bridgehead atoms. The van der Waals surface area contributed by atoms with Crippen LogP contribution in [0, 0.1) is 13.8 Å². The average Bonchev–Trinajstić information content (AvgIpc) is 2.33. The number of benzene rings is 1. The van der Waals surface area contributed by atoms with E-state index in [1.807, 2.05) is 26.0 Å². The molecule has 1 aromatic carbocycles. The zero-order valence-corrected chi connectivity index (χ0v) is 12.0. The topological polar surface area (TPSA) is 43.4 Å². The van der Waals surface area contributed by atoms with Crippen molar-refractivity contribution in [2.45, 2.75) is 46.5 Å². The van der Waals surface area contributed by atoms with E-state index >= 15 is 0 Å². The van der Waals surface area contributed by atoms with Crippen LogP contribution in [0.5, 0.6) is 0 Å². The second kappa shape index (κ2) is 7.72. The number of hydrogen-bond acceptors (Lipinski definition) is 3. The average molecular weight is 262 g/mol. The molecule has 3 heteroatoms. The van der Waals surface area contributed by atoms with Crippen molar-refractivity contribution >= 4 is 11.8 Å². The van der Waals surface area contributed by atoms with Gasteiger partial charge >= 0.3 is 5.97 Å². The van der Waals surface area contributed by atoms with Gasteiger partial charge in [-0.2, -0.15) is 0 Å². The Kier molecular flexibility index (Phi) is 6.26. The molecule has 0 amide bonds. The van der Waals surface area contributed by atoms with Gasteiger partial charge in [0, 0.05) is 19.3 Å². The number of ketones is 1. The van der Waals surface area contributed by atoms with Crippen molar-refractivity contribution in [3.8, 4) is 0 Å². The van der Waals surface area contributed by atoms with Gasteiger partial charge in [-0.1, -0.05) is 23.8 Å². The maximum Gasteiger partial charge on any atom is 0.305 e. The summed E-state index contributed by atoms with van der Waals surface area (Å²) in [6.07, 6.45) is 1.79. The summed E-state index contributed by atoms with van der Waals surface area (Å²) in [5, 5.41) is 0. The van der Waals surface area contributed by atoms with Gasteiger partial charge in [0.2, 0.25) is 0 Å². The summed E-state index contributed by atoms with van der Waals surface area (Å²) in [5.74, 6) is -0.0435. The van der Waals surface area contributed by atoms with Gasteiger partial charge in [0.05, 0.1) is 6.61 Å². The molecule has 0 saturated heterocycles. The third-order valence-corrected chi connectivity index (χ3v) is 3.03. The highest BCUT2D eigenvalue weighted by molar-refractivity contribution is 5.81. The minimum absolute atomic E-state index is 0.177. The van der Waals surface area contributed by atoms with Gasteiger partial charge in [-0.05, 0) is 38.3 Å². The van der Waals surface area contributed by atoms with Crippen molar-refractivity contribution in [2.75, 3.05) is 6.61 Å². The highest BCUT2D eigenvalue weighted by atomic mass is 16.5. The SMILES string of the molecule is CCOC(=O)CCCC(=O)Cc1ccc(C)cc1C. The van der Waals surface area contributed by atoms with E-state index in [0.29, 0.717) is 32.3 Å². The Balaban J connectivity index is 2.37. The molecule has 0 N–H and O–H groups in total. The van der Waals surface area contributed by atoms with Crippen LogP contribution in [0.3, 0.4) is 0 Å². The number of aryl methyl sites for hydroxylation is 2. The van der Waals surface area contributed by atoms with Crippen LogP contribution in [-0.4, -0.2) is 18.4 Å². The molecule has 0 heterocycles. The van der Waals surface area contributed by atoms with Crippen LogP contribution in [0.2, 0.25) is 0 Å². The van der Waals surface area contributed by atoms with Gasteiger partial charge in [-0.25, -0.2) is 0 Å². The molecule has 0 unspecified atom stereocenters. The number of hydrogen-bond donors (Lipinski definition) is 0. The van der Waals surface area contributed by atoms with Crippen LogP contribution < -0.4 is 0 Å². The molecule has 0 aliphatic heterocycles. The second-order valence-electron chi connectivity index (χ2n) is 4.80. The quantitative estimate of drug-likeness (QED) is 0.709. The largest absolute Gasteiger partial charge is 0.466 e. The Morgan fingerprint density at radius 3 is 2.53 bits per heavy atom. The third-order valence-electron chi connectivity index (χ3n) is 3.03. The highest BCUT2D eigenvalue weighted by Gasteiger charge is 2.08. The number of carbonyl (C=O) groups is 2. The van der Waals surface area contributed by atoms with Crippen molar-refractivity contribution in [1.29, 1.82) is 0 Å². The minimum atomic E-state index is -0.221. The predicted octanol–water partition coefficient (Wildman–Crippen LogP) is 3.15. The minimum Gasteiger partial charge on any atom is -0.466 e. The lowest BCUT2D eigenvalue weighted by Gasteiger charge is -2.06. The molecule has 0 atom stereocenters. The number of esters is 1. The Bertz CT molecular complexity index is 449. The monoisotopic (exact) mass is 262 g/mol. The zero-order chi connectivity index (χ0) is 14.3. The fraction of sp³-hybridized carbons (Fsp3) is 0.500. The molecule has 0 fully saturated rings. The molecule has 1 rings (SSSR count). The van der Waals surface area contributed by atoms with Gasteiger partial charge in [0.1, 0.15) is 5.78 Å². The van der Waals surface area contributed by atoms with E-state index < -0.39 is 0 Å². The second-order valence-corrected chi connectivity index (χ2v) is 4.80. The van der Waals surface area contributed by atoms with Gasteiger partial charge in [0.25, 0.3) is 0 Å². The first-order valence-corrected chi connectivity index (χ1v) is 6.76. The molecular weight excluding hydrogens is 240 g/mol. The summed E-state index contributed by atoms with van der Waals surface area (Å²) in [4.78, 5) is 23.0. The summed E-state index contributed by atoms with van der Waals surface area (Å²) in [6.45, 7) is 6.24. The van der Waals surface area contributed by atoms with E-state index in [9.17, 15) is 9.59 Å². The summed E-state index contributed by atoms with van der Waals surface area (Å²) in [7, 11) is 0. The first kappa shape index (κ1) is 15.4. The first-order chi connectivity index (χ1) is 9.02. The van der Waals surface area contributed by atoms with Crippen LogP contribution in [-0.2, 0) is 20.7 Å². The van der Waals surface area contributed by atoms with Crippen LogP contribution in [0.15, 0.2) is 18.2 Å². The van der Waals surface area contributed by atoms with Crippen molar-refractivity contribution in [3.05, 3.63) is 34.9 Å². The van der Waals surface area contributed by atoms with E-state index in [1.165, 1.54) is 5.56 Å². The first-order valence-electron chi connectivity index (χ1n) is 6.76. The molecular formula is C16H22O3. The Morgan fingerprint density at radius 2 is 1.89 bits per heavy atom. The fourth-order valence-corrected chi connectivity index (χ4v) is 2.01. The highest BCUT2D eigenvalue weighted by Crippen LogP contribution is 2.13. The Morgan fingerprint density at radius 1 is 1.16 bits per heavy atom. The normalized spacial score (nSPS) is 10.3. The number of ether oxygens (including phenoxy) is 1. The summed E-state index contributed by atoms with van der Waals surface area (Å²) in [6, 6.07) is 6.11. The van der Waals surface area contributed by atoms with Crippen LogP contribution in [0.1, 0.15) is 42.9 Å². The van der Waals surface area contributed by atoms with Gasteiger partial charge in [-0.15, -0.1) is 0 Å². The molecule has 104 valence electrons. The molecule has 0 aliphatic rings. The summed E-state index contributed by atoms with van der Waals surface area (Å²) in [5.41, 5.74) is 3.43. The van der Waals surface area contributed by atoms with Crippen molar-refractivity contribution < 1.29 is 14.3 Å². The van der Waals surface area contributed by atoms with Gasteiger partial charge < -0.3 is 4.74 Å². The molecule has 0 aliphatic carbocycles. The predicted molar refractivity (Wildman–Crippen MR) is 75.1 cm³/mol. The molecule has 0 saturated carbocycles. The maximum atomic E-state index is 11.8. The molecule has 0 aromatic heterocycles. The Labute approximate surface area is 115 Å². The van der Waals surface area contributed by atoms with Gasteiger partial charge in [0.15, 0.2) is 0 Å². The molecule has 19 heavy (non-hydrogen) atoms. The lowest BCUT2D eigenvalue weighted by Crippen LogP contribution is -2.07. The third kappa shape index (κ3) is 5.69. The zero-order valence-electron chi connectivity index (χ0n) is 12.0. The van der Waals surface area contributed by atoms with Crippen molar-refractivity contribution in [1.82, 2.24) is 0 Å². The van der Waals surface area contributed by atoms with Crippen molar-refractivity contribution in [2.24, 2.45) is 0 Å². The summed E-state index contributed by atoms with van der Waals surface area (Å²) < 4.78 is 4.82. The van der Waals surface area contributed by atoms with Crippen LogP contribution in [0.4, 0.5) is 0 Å². The van der Waals surface area contributed by atoms with Crippen molar-refractivity contribution in [3.63, 3.8) is 0 Å². The number of Topliss-reactive ketones (excluding diaryl/α,β-unsaturated/α-hetero) is 1. The number of rotatable bonds is 7. The molecule has 3 nitrogen and oxygen atoms in total. The van der Waals surface area contributed by atoms with Crippen LogP contribution >= 0.6 is 0 Å². The standard InChI is InChI=1S/C16H22O3/c1-4-19-16(18)7-5-6-15(17)11-14-9-8-12(2)10-13(14)3/h8-10H,4-7,11H2,1-3H3.